The van der Waals surface area contributed by atoms with E-state index in [1.54, 1.807) is 12.2 Å². The molecule has 0 aliphatic carbocycles. The Kier molecular flexibility index (Phi) is 7.49. The standard InChI is InChI=1S/C30H30N4O4/c1-3-5-15-37-29(35)27-23-11-7-19(31-23)17-21-9-13-25(33-21)28(30(36)38-16-6-4-2)26-14-10-22(34-26)18-20-8-12-24(27)32-20/h7-14,17-18,31-32H,3-6,15-16H2,1-2H3. The molecule has 8 heteroatoms. The Labute approximate surface area is 220 Å². The van der Waals surface area contributed by atoms with E-state index in [9.17, 15) is 9.59 Å². The van der Waals surface area contributed by atoms with Crippen molar-refractivity contribution in [3.63, 3.8) is 0 Å². The van der Waals surface area contributed by atoms with Crippen LogP contribution in [0.5, 0.6) is 0 Å². The van der Waals surface area contributed by atoms with Crippen LogP contribution in [0.3, 0.4) is 0 Å². The lowest BCUT2D eigenvalue weighted by atomic mass is 10.1. The summed E-state index contributed by atoms with van der Waals surface area (Å²) in [6.07, 6.45) is 10.7. The number of aromatic nitrogens is 4. The van der Waals surface area contributed by atoms with E-state index in [-0.39, 0.29) is 0 Å². The molecule has 0 radical (unpaired) electrons. The number of carbonyl (C=O) groups is 2. The Hall–Kier alpha value is -4.46. The molecule has 2 aliphatic heterocycles. The molecule has 0 atom stereocenters. The minimum Gasteiger partial charge on any atom is -0.462 e. The van der Waals surface area contributed by atoms with Crippen LogP contribution in [0.2, 0.25) is 0 Å². The third-order valence-electron chi connectivity index (χ3n) is 6.27. The van der Waals surface area contributed by atoms with Crippen LogP contribution in [0.25, 0.3) is 46.4 Å². The second-order valence-corrected chi connectivity index (χ2v) is 9.18. The summed E-state index contributed by atoms with van der Waals surface area (Å²) in [5, 5.41) is 0. The van der Waals surface area contributed by atoms with Gasteiger partial charge in [-0.1, -0.05) is 26.7 Å². The van der Waals surface area contributed by atoms with Crippen LogP contribution in [0.15, 0.2) is 36.4 Å². The minimum atomic E-state index is -0.445. The van der Waals surface area contributed by atoms with Gasteiger partial charge >= 0.3 is 11.9 Å². The predicted molar refractivity (Wildman–Crippen MR) is 149 cm³/mol. The van der Waals surface area contributed by atoms with E-state index >= 15 is 0 Å². The van der Waals surface area contributed by atoms with Crippen LogP contribution in [0.4, 0.5) is 0 Å². The molecule has 3 aromatic rings. The fourth-order valence-corrected chi connectivity index (χ4v) is 4.27. The number of fused-ring (bicyclic) bond motifs is 8. The number of H-pyrrole nitrogens is 2. The number of carbonyl (C=O) groups excluding carboxylic acids is 2. The summed E-state index contributed by atoms with van der Waals surface area (Å²) < 4.78 is 11.1. The van der Waals surface area contributed by atoms with Crippen LogP contribution in [-0.4, -0.2) is 45.1 Å². The van der Waals surface area contributed by atoms with E-state index in [2.05, 4.69) is 26.9 Å². The van der Waals surface area contributed by atoms with Crippen molar-refractivity contribution in [3.05, 3.63) is 70.3 Å². The highest BCUT2D eigenvalue weighted by atomic mass is 16.5. The molecule has 5 heterocycles. The van der Waals surface area contributed by atoms with Crippen LogP contribution < -0.4 is 0 Å². The fourth-order valence-electron chi connectivity index (χ4n) is 4.27. The number of nitrogens with zero attached hydrogens (tertiary/aromatic N) is 2. The predicted octanol–water partition coefficient (Wildman–Crippen LogP) is 6.57. The summed E-state index contributed by atoms with van der Waals surface area (Å²) in [5.74, 6) is -0.844. The smallest absolute Gasteiger partial charge is 0.342 e. The number of unbranched alkanes of at least 4 members (excludes halogenated alkanes) is 2. The maximum absolute atomic E-state index is 13.1. The monoisotopic (exact) mass is 510 g/mol. The molecular weight excluding hydrogens is 480 g/mol. The fraction of sp³-hybridized carbons (Fsp3) is 0.267. The molecule has 0 saturated carbocycles. The summed E-state index contributed by atoms with van der Waals surface area (Å²) in [6.45, 7) is 4.80. The molecule has 38 heavy (non-hydrogen) atoms. The molecule has 0 amide bonds. The Balaban J connectivity index is 1.72. The van der Waals surface area contributed by atoms with E-state index in [1.165, 1.54) is 0 Å². The third-order valence-corrected chi connectivity index (χ3v) is 6.27. The summed E-state index contributed by atoms with van der Waals surface area (Å²) in [4.78, 5) is 42.2. The molecule has 2 N–H and O–H groups in total. The molecule has 0 aromatic carbocycles. The van der Waals surface area contributed by atoms with Crippen molar-refractivity contribution in [1.29, 1.82) is 0 Å². The van der Waals surface area contributed by atoms with Crippen molar-refractivity contribution >= 4 is 58.3 Å². The molecule has 0 unspecified atom stereocenters. The molecule has 0 saturated heterocycles. The number of esters is 2. The van der Waals surface area contributed by atoms with Crippen LogP contribution in [0, 0.1) is 0 Å². The highest BCUT2D eigenvalue weighted by Gasteiger charge is 2.20. The van der Waals surface area contributed by atoms with Crippen molar-refractivity contribution in [1.82, 2.24) is 19.9 Å². The van der Waals surface area contributed by atoms with Gasteiger partial charge in [0.05, 0.1) is 47.0 Å². The van der Waals surface area contributed by atoms with E-state index in [1.807, 2.05) is 55.5 Å². The summed E-state index contributed by atoms with van der Waals surface area (Å²) in [6, 6.07) is 11.2. The second-order valence-electron chi connectivity index (χ2n) is 9.18. The van der Waals surface area contributed by atoms with E-state index in [4.69, 9.17) is 9.47 Å². The zero-order valence-corrected chi connectivity index (χ0v) is 21.5. The average molecular weight is 511 g/mol. The molecule has 0 fully saturated rings. The number of aromatic amines is 2. The molecule has 8 bridgehead atoms. The van der Waals surface area contributed by atoms with Gasteiger partial charge in [-0.2, -0.15) is 0 Å². The highest BCUT2D eigenvalue weighted by molar-refractivity contribution is 6.04. The van der Waals surface area contributed by atoms with E-state index in [0.717, 1.165) is 36.7 Å². The summed E-state index contributed by atoms with van der Waals surface area (Å²) in [7, 11) is 0. The van der Waals surface area contributed by atoms with Gasteiger partial charge in [-0.15, -0.1) is 0 Å². The minimum absolute atomic E-state index is 0.331. The van der Waals surface area contributed by atoms with Gasteiger partial charge in [0.25, 0.3) is 0 Å². The van der Waals surface area contributed by atoms with Gasteiger partial charge in [-0.05, 0) is 73.5 Å². The van der Waals surface area contributed by atoms with Crippen molar-refractivity contribution in [2.75, 3.05) is 13.2 Å². The first-order chi connectivity index (χ1) is 18.6. The maximum Gasteiger partial charge on any atom is 0.342 e. The second kappa shape index (κ2) is 11.3. The number of nitrogens with one attached hydrogen (secondary N) is 2. The third kappa shape index (κ3) is 5.44. The topological polar surface area (TPSA) is 110 Å². The number of hydrogen-bond acceptors (Lipinski definition) is 6. The van der Waals surface area contributed by atoms with Gasteiger partial charge < -0.3 is 19.4 Å². The van der Waals surface area contributed by atoms with Gasteiger partial charge in [0, 0.05) is 11.0 Å². The van der Waals surface area contributed by atoms with Crippen molar-refractivity contribution in [3.8, 4) is 0 Å². The van der Waals surface area contributed by atoms with E-state index < -0.39 is 11.9 Å². The zero-order valence-electron chi connectivity index (χ0n) is 21.5. The molecular formula is C30H30N4O4. The first-order valence-electron chi connectivity index (χ1n) is 13.0. The molecule has 2 aliphatic rings. The number of ether oxygens (including phenoxy) is 2. The zero-order chi connectivity index (χ0) is 26.5. The van der Waals surface area contributed by atoms with Crippen LogP contribution in [0.1, 0.15) is 83.0 Å². The molecule has 5 rings (SSSR count). The lowest BCUT2D eigenvalue weighted by molar-refractivity contribution is 0.0491. The molecule has 0 spiro atoms. The Bertz CT molecular complexity index is 1500. The number of hydrogen-bond donors (Lipinski definition) is 2. The van der Waals surface area contributed by atoms with Crippen molar-refractivity contribution in [2.24, 2.45) is 0 Å². The van der Waals surface area contributed by atoms with Crippen LogP contribution >= 0.6 is 0 Å². The molecule has 194 valence electrons. The Morgan fingerprint density at radius 1 is 0.684 bits per heavy atom. The first kappa shape index (κ1) is 25.2. The van der Waals surface area contributed by atoms with Gasteiger partial charge in [0.1, 0.15) is 11.1 Å². The van der Waals surface area contributed by atoms with Gasteiger partial charge in [0.2, 0.25) is 0 Å². The van der Waals surface area contributed by atoms with E-state index in [0.29, 0.717) is 58.1 Å². The summed E-state index contributed by atoms with van der Waals surface area (Å²) >= 11 is 0. The van der Waals surface area contributed by atoms with Gasteiger partial charge in [-0.25, -0.2) is 19.6 Å². The highest BCUT2D eigenvalue weighted by Crippen LogP contribution is 2.24. The lowest BCUT2D eigenvalue weighted by Crippen LogP contribution is -2.10. The first-order valence-corrected chi connectivity index (χ1v) is 13.0. The summed E-state index contributed by atoms with van der Waals surface area (Å²) in [5.41, 5.74) is 5.84. The average Bonchev–Trinajstić information content (AvgIpc) is 3.71. The largest absolute Gasteiger partial charge is 0.462 e. The number of rotatable bonds is 8. The molecule has 3 aromatic heterocycles. The van der Waals surface area contributed by atoms with Crippen LogP contribution in [-0.2, 0) is 9.47 Å². The SMILES string of the molecule is CCCCOC(=O)c1c2nc(cc3ccc([nH]3)c(C(=O)OCCCC)c3ccc(cc4nc1C=C4)[nH]3)C=C2. The Morgan fingerprint density at radius 3 is 1.63 bits per heavy atom. The normalized spacial score (nSPS) is 12.1. The maximum atomic E-state index is 13.1. The van der Waals surface area contributed by atoms with Crippen molar-refractivity contribution in [2.45, 2.75) is 39.5 Å². The lowest BCUT2D eigenvalue weighted by Gasteiger charge is -2.05. The molecule has 8 nitrogen and oxygen atoms in total. The quantitative estimate of drug-likeness (QED) is 0.180. The Morgan fingerprint density at radius 2 is 1.16 bits per heavy atom. The van der Waals surface area contributed by atoms with Gasteiger partial charge in [-0.3, -0.25) is 0 Å². The van der Waals surface area contributed by atoms with Gasteiger partial charge in [0.15, 0.2) is 0 Å². The van der Waals surface area contributed by atoms with Crippen molar-refractivity contribution < 1.29 is 19.1 Å².